The lowest BCUT2D eigenvalue weighted by Crippen LogP contribution is -2.14. The molecule has 0 atom stereocenters. The Morgan fingerprint density at radius 1 is 1.50 bits per heavy atom. The number of rotatable bonds is 4. The van der Waals surface area contributed by atoms with E-state index < -0.39 is 0 Å². The molecule has 80 valence electrons. The van der Waals surface area contributed by atoms with Crippen molar-refractivity contribution >= 4 is 17.9 Å². The lowest BCUT2D eigenvalue weighted by molar-refractivity contribution is -0.137. The summed E-state index contributed by atoms with van der Waals surface area (Å²) in [6.45, 7) is 6.28. The van der Waals surface area contributed by atoms with Crippen molar-refractivity contribution in [1.82, 2.24) is 4.31 Å². The van der Waals surface area contributed by atoms with Crippen molar-refractivity contribution in [3.05, 3.63) is 11.0 Å². The second-order valence-electron chi connectivity index (χ2n) is 3.10. The monoisotopic (exact) mass is 215 g/mol. The third kappa shape index (κ3) is 3.35. The highest BCUT2D eigenvalue weighted by Gasteiger charge is 2.18. The number of hydrogen-bond acceptors (Lipinski definition) is 4. The average molecular weight is 215 g/mol. The van der Waals surface area contributed by atoms with Crippen molar-refractivity contribution in [3.8, 4) is 0 Å². The molecule has 0 aromatic rings. The third-order valence-electron chi connectivity index (χ3n) is 2.03. The van der Waals surface area contributed by atoms with Crippen LogP contribution in [0.2, 0.25) is 0 Å². The van der Waals surface area contributed by atoms with E-state index in [2.05, 4.69) is 4.31 Å². The number of esters is 1. The van der Waals surface area contributed by atoms with E-state index in [0.717, 1.165) is 13.1 Å². The normalized spacial score (nSPS) is 18.6. The molecule has 0 radical (unpaired) electrons. The van der Waals surface area contributed by atoms with Crippen LogP contribution in [0.4, 0.5) is 0 Å². The van der Waals surface area contributed by atoms with Crippen LogP contribution >= 0.6 is 11.9 Å². The van der Waals surface area contributed by atoms with E-state index in [1.54, 1.807) is 0 Å². The zero-order valence-electron chi connectivity index (χ0n) is 8.78. The first-order valence-corrected chi connectivity index (χ1v) is 5.81. The quantitative estimate of drug-likeness (QED) is 0.408. The van der Waals surface area contributed by atoms with Gasteiger partial charge in [0.25, 0.3) is 0 Å². The van der Waals surface area contributed by atoms with Crippen LogP contribution in [0.1, 0.15) is 26.7 Å². The maximum Gasteiger partial charge on any atom is 0.345 e. The predicted octanol–water partition coefficient (Wildman–Crippen LogP) is 2.20. The Hall–Kier alpha value is -0.480. The summed E-state index contributed by atoms with van der Waals surface area (Å²) in [5, 5.41) is 0. The fraction of sp³-hybridized carbons (Fsp3) is 0.700. The summed E-state index contributed by atoms with van der Waals surface area (Å²) in [5.41, 5.74) is 0. The van der Waals surface area contributed by atoms with Gasteiger partial charge in [0.05, 0.1) is 6.61 Å². The Balaban J connectivity index is 2.42. The Kier molecular flexibility index (Phi) is 5.04. The van der Waals surface area contributed by atoms with Gasteiger partial charge in [-0.15, -0.1) is 0 Å². The van der Waals surface area contributed by atoms with Gasteiger partial charge in [0, 0.05) is 13.1 Å². The van der Waals surface area contributed by atoms with Crippen LogP contribution in [-0.2, 0) is 9.53 Å². The molecule has 1 fully saturated rings. The van der Waals surface area contributed by atoms with Crippen LogP contribution in [0.5, 0.6) is 0 Å². The molecule has 1 saturated heterocycles. The van der Waals surface area contributed by atoms with E-state index >= 15 is 0 Å². The predicted molar refractivity (Wildman–Crippen MR) is 58.8 cm³/mol. The molecule has 0 aromatic carbocycles. The SMILES string of the molecule is C/C=C(/SN1CCCC1)C(=O)OCC. The average Bonchev–Trinajstić information content (AvgIpc) is 2.66. The highest BCUT2D eigenvalue weighted by molar-refractivity contribution is 8.01. The zero-order chi connectivity index (χ0) is 10.4. The molecule has 0 aliphatic carbocycles. The fourth-order valence-corrected chi connectivity index (χ4v) is 2.29. The second kappa shape index (κ2) is 6.09. The van der Waals surface area contributed by atoms with Crippen LogP contribution in [0, 0.1) is 0 Å². The number of hydrogen-bond donors (Lipinski definition) is 0. The molecule has 0 unspecified atom stereocenters. The van der Waals surface area contributed by atoms with E-state index in [1.165, 1.54) is 24.8 Å². The van der Waals surface area contributed by atoms with Crippen LogP contribution in [0.15, 0.2) is 11.0 Å². The van der Waals surface area contributed by atoms with Gasteiger partial charge in [-0.1, -0.05) is 6.08 Å². The van der Waals surface area contributed by atoms with E-state index in [0.29, 0.717) is 11.5 Å². The number of carbonyl (C=O) groups is 1. The van der Waals surface area contributed by atoms with Gasteiger partial charge in [0.2, 0.25) is 0 Å². The smallest absolute Gasteiger partial charge is 0.345 e. The maximum absolute atomic E-state index is 11.4. The molecule has 1 aliphatic heterocycles. The van der Waals surface area contributed by atoms with E-state index in [9.17, 15) is 4.79 Å². The minimum absolute atomic E-state index is 0.202. The van der Waals surface area contributed by atoms with Gasteiger partial charge in [-0.25, -0.2) is 9.10 Å². The number of allylic oxidation sites excluding steroid dienone is 1. The van der Waals surface area contributed by atoms with Gasteiger partial charge in [-0.2, -0.15) is 0 Å². The third-order valence-corrected chi connectivity index (χ3v) is 3.25. The first-order chi connectivity index (χ1) is 6.77. The molecule has 3 nitrogen and oxygen atoms in total. The minimum Gasteiger partial charge on any atom is -0.462 e. The molecular formula is C10H17NO2S. The van der Waals surface area contributed by atoms with Crippen molar-refractivity contribution in [2.75, 3.05) is 19.7 Å². The fourth-order valence-electron chi connectivity index (χ4n) is 1.33. The van der Waals surface area contributed by atoms with E-state index in [4.69, 9.17) is 4.74 Å². The van der Waals surface area contributed by atoms with Crippen LogP contribution in [0.3, 0.4) is 0 Å². The van der Waals surface area contributed by atoms with Gasteiger partial charge >= 0.3 is 5.97 Å². The molecule has 0 saturated carbocycles. The zero-order valence-corrected chi connectivity index (χ0v) is 9.60. The Morgan fingerprint density at radius 3 is 2.64 bits per heavy atom. The maximum atomic E-state index is 11.4. The van der Waals surface area contributed by atoms with Crippen LogP contribution < -0.4 is 0 Å². The summed E-state index contributed by atoms with van der Waals surface area (Å²) in [4.78, 5) is 12.1. The lowest BCUT2D eigenvalue weighted by atomic mass is 10.4. The Bertz CT molecular complexity index is 222. The van der Waals surface area contributed by atoms with Gasteiger partial charge in [-0.05, 0) is 38.6 Å². The van der Waals surface area contributed by atoms with Crippen molar-refractivity contribution in [1.29, 1.82) is 0 Å². The lowest BCUT2D eigenvalue weighted by Gasteiger charge is -2.14. The standard InChI is InChI=1S/C10H17NO2S/c1-3-9(10(12)13-4-2)14-11-7-5-6-8-11/h3H,4-8H2,1-2H3/b9-3+. The van der Waals surface area contributed by atoms with Gasteiger partial charge in [0.15, 0.2) is 0 Å². The van der Waals surface area contributed by atoms with E-state index in [-0.39, 0.29) is 5.97 Å². The Labute approximate surface area is 89.6 Å². The van der Waals surface area contributed by atoms with Crippen molar-refractivity contribution in [2.45, 2.75) is 26.7 Å². The van der Waals surface area contributed by atoms with Gasteiger partial charge < -0.3 is 4.74 Å². The van der Waals surface area contributed by atoms with Crippen LogP contribution in [-0.4, -0.2) is 30.0 Å². The van der Waals surface area contributed by atoms with Crippen molar-refractivity contribution in [3.63, 3.8) is 0 Å². The largest absolute Gasteiger partial charge is 0.462 e. The van der Waals surface area contributed by atoms with Crippen LogP contribution in [0.25, 0.3) is 0 Å². The number of carbonyl (C=O) groups excluding carboxylic acids is 1. The summed E-state index contributed by atoms with van der Waals surface area (Å²) in [6.07, 6.45) is 4.28. The van der Waals surface area contributed by atoms with Gasteiger partial charge in [0.1, 0.15) is 4.91 Å². The molecule has 4 heteroatoms. The highest BCUT2D eigenvalue weighted by atomic mass is 32.2. The van der Waals surface area contributed by atoms with Crippen molar-refractivity contribution in [2.24, 2.45) is 0 Å². The number of nitrogens with zero attached hydrogens (tertiary/aromatic N) is 1. The van der Waals surface area contributed by atoms with Gasteiger partial charge in [-0.3, -0.25) is 0 Å². The first-order valence-electron chi connectivity index (χ1n) is 5.04. The molecule has 1 rings (SSSR count). The molecule has 0 spiro atoms. The minimum atomic E-state index is -0.202. The summed E-state index contributed by atoms with van der Waals surface area (Å²) < 4.78 is 7.17. The number of ether oxygens (including phenoxy) is 1. The summed E-state index contributed by atoms with van der Waals surface area (Å²) >= 11 is 1.52. The second-order valence-corrected chi connectivity index (χ2v) is 4.24. The highest BCUT2D eigenvalue weighted by Crippen LogP contribution is 2.26. The molecule has 0 aromatic heterocycles. The van der Waals surface area contributed by atoms with Crippen molar-refractivity contribution < 1.29 is 9.53 Å². The molecule has 0 amide bonds. The summed E-state index contributed by atoms with van der Waals surface area (Å²) in [5.74, 6) is -0.202. The first kappa shape index (κ1) is 11.6. The summed E-state index contributed by atoms with van der Waals surface area (Å²) in [6, 6.07) is 0. The molecular weight excluding hydrogens is 198 g/mol. The Morgan fingerprint density at radius 2 is 2.14 bits per heavy atom. The van der Waals surface area contributed by atoms with E-state index in [1.807, 2.05) is 19.9 Å². The molecule has 14 heavy (non-hydrogen) atoms. The molecule has 0 N–H and O–H groups in total. The molecule has 1 heterocycles. The summed E-state index contributed by atoms with van der Waals surface area (Å²) in [7, 11) is 0. The topological polar surface area (TPSA) is 29.5 Å². The molecule has 0 bridgehead atoms. The molecule has 1 aliphatic rings.